The van der Waals surface area contributed by atoms with E-state index in [0.29, 0.717) is 6.42 Å². The van der Waals surface area contributed by atoms with Crippen LogP contribution in [0.5, 0.6) is 0 Å². The van der Waals surface area contributed by atoms with E-state index in [1.807, 2.05) is 0 Å². The van der Waals surface area contributed by atoms with Crippen LogP contribution < -0.4 is 11.5 Å². The third-order valence-electron chi connectivity index (χ3n) is 2.08. The number of nitrogens with two attached hydrogens (primary N) is 2. The monoisotopic (exact) mass is 232 g/mol. The van der Waals surface area contributed by atoms with Gasteiger partial charge in [0, 0.05) is 6.54 Å². The molecule has 0 fully saturated rings. The van der Waals surface area contributed by atoms with Crippen molar-refractivity contribution in [3.63, 3.8) is 0 Å². The number of hydrogen-bond donors (Lipinski definition) is 2. The van der Waals surface area contributed by atoms with Crippen molar-refractivity contribution in [3.05, 3.63) is 35.6 Å². The Hall–Kier alpha value is -1.13. The van der Waals surface area contributed by atoms with Gasteiger partial charge in [-0.3, -0.25) is 4.79 Å². The molecule has 1 aromatic rings. The molecule has 1 rings (SSSR count). The number of rotatable bonds is 4. The van der Waals surface area contributed by atoms with Crippen LogP contribution in [0.3, 0.4) is 0 Å². The Morgan fingerprint density at radius 2 is 1.87 bits per heavy atom. The van der Waals surface area contributed by atoms with Gasteiger partial charge in [-0.15, -0.1) is 12.4 Å². The number of carbonyl (C=O) groups excluding carboxylic acids is 1. The first-order valence-corrected chi connectivity index (χ1v) is 4.37. The molecule has 0 saturated carbocycles. The Morgan fingerprint density at radius 3 is 2.27 bits per heavy atom. The van der Waals surface area contributed by atoms with E-state index >= 15 is 0 Å². The van der Waals surface area contributed by atoms with Crippen LogP contribution in [0, 0.1) is 11.7 Å². The highest BCUT2D eigenvalue weighted by Crippen LogP contribution is 2.08. The quantitative estimate of drug-likeness (QED) is 0.808. The van der Waals surface area contributed by atoms with Crippen LogP contribution in [-0.4, -0.2) is 12.5 Å². The molecule has 0 bridgehead atoms. The standard InChI is InChI=1S/C10H13FN2O.ClH/c11-9-3-1-7(2-4-9)5-8(6-12)10(13)14;/h1-4,8H,5-6,12H2,(H2,13,14);1H. The molecule has 3 nitrogen and oxygen atoms in total. The molecular weight excluding hydrogens is 219 g/mol. The lowest BCUT2D eigenvalue weighted by Crippen LogP contribution is -2.31. The largest absolute Gasteiger partial charge is 0.369 e. The summed E-state index contributed by atoms with van der Waals surface area (Å²) in [5.41, 5.74) is 11.4. The normalized spacial score (nSPS) is 11.6. The highest BCUT2D eigenvalue weighted by molar-refractivity contribution is 5.85. The van der Waals surface area contributed by atoms with Gasteiger partial charge in [-0.2, -0.15) is 0 Å². The molecule has 0 spiro atoms. The van der Waals surface area contributed by atoms with Gasteiger partial charge in [0.15, 0.2) is 0 Å². The Balaban J connectivity index is 0.00000196. The number of hydrogen-bond acceptors (Lipinski definition) is 2. The highest BCUT2D eigenvalue weighted by Gasteiger charge is 2.13. The lowest BCUT2D eigenvalue weighted by atomic mass is 9.99. The molecule has 0 radical (unpaired) electrons. The molecule has 0 aromatic heterocycles. The molecule has 0 aliphatic heterocycles. The second kappa shape index (κ2) is 6.37. The molecular formula is C10H14ClFN2O. The van der Waals surface area contributed by atoms with Gasteiger partial charge in [-0.05, 0) is 24.1 Å². The van der Waals surface area contributed by atoms with Crippen LogP contribution >= 0.6 is 12.4 Å². The zero-order chi connectivity index (χ0) is 10.6. The molecule has 1 atom stereocenters. The summed E-state index contributed by atoms with van der Waals surface area (Å²) in [5, 5.41) is 0. The summed E-state index contributed by atoms with van der Waals surface area (Å²) in [6.45, 7) is 0.215. The Morgan fingerprint density at radius 1 is 1.33 bits per heavy atom. The molecule has 4 N–H and O–H groups in total. The highest BCUT2D eigenvalue weighted by atomic mass is 35.5. The first-order chi connectivity index (χ1) is 6.63. The molecule has 0 saturated heterocycles. The van der Waals surface area contributed by atoms with Gasteiger partial charge in [-0.1, -0.05) is 12.1 Å². The predicted octanol–water partition coefficient (Wildman–Crippen LogP) is 0.850. The van der Waals surface area contributed by atoms with E-state index in [0.717, 1.165) is 5.56 Å². The van der Waals surface area contributed by atoms with Crippen LogP contribution in [0.25, 0.3) is 0 Å². The summed E-state index contributed by atoms with van der Waals surface area (Å²) >= 11 is 0. The summed E-state index contributed by atoms with van der Waals surface area (Å²) in [5.74, 6) is -1.09. The summed E-state index contributed by atoms with van der Waals surface area (Å²) in [4.78, 5) is 10.9. The number of carbonyl (C=O) groups is 1. The average molecular weight is 233 g/mol. The van der Waals surface area contributed by atoms with E-state index < -0.39 is 5.91 Å². The smallest absolute Gasteiger partial charge is 0.222 e. The molecule has 1 amide bonds. The second-order valence-corrected chi connectivity index (χ2v) is 3.17. The number of primary amides is 1. The number of halogens is 2. The van der Waals surface area contributed by atoms with E-state index in [-0.39, 0.29) is 30.7 Å². The minimum absolute atomic E-state index is 0. The molecule has 0 aliphatic carbocycles. The van der Waals surface area contributed by atoms with Gasteiger partial charge >= 0.3 is 0 Å². The van der Waals surface area contributed by atoms with Gasteiger partial charge in [0.1, 0.15) is 5.82 Å². The van der Waals surface area contributed by atoms with Crippen LogP contribution in [0.1, 0.15) is 5.56 Å². The minimum atomic E-state index is -0.420. The first-order valence-electron chi connectivity index (χ1n) is 4.37. The van der Waals surface area contributed by atoms with Gasteiger partial charge in [0.25, 0.3) is 0 Å². The van der Waals surface area contributed by atoms with Crippen molar-refractivity contribution in [2.45, 2.75) is 6.42 Å². The maximum absolute atomic E-state index is 12.5. The number of amides is 1. The van der Waals surface area contributed by atoms with E-state index in [1.165, 1.54) is 12.1 Å². The summed E-state index contributed by atoms with van der Waals surface area (Å²) in [6, 6.07) is 5.95. The maximum Gasteiger partial charge on any atom is 0.222 e. The van der Waals surface area contributed by atoms with Crippen LogP contribution in [0.2, 0.25) is 0 Å². The number of benzene rings is 1. The van der Waals surface area contributed by atoms with Gasteiger partial charge in [0.2, 0.25) is 5.91 Å². The van der Waals surface area contributed by atoms with Crippen LogP contribution in [0.15, 0.2) is 24.3 Å². The van der Waals surface area contributed by atoms with E-state index in [9.17, 15) is 9.18 Å². The fraction of sp³-hybridized carbons (Fsp3) is 0.300. The average Bonchev–Trinajstić information content (AvgIpc) is 2.16. The summed E-state index contributed by atoms with van der Waals surface area (Å²) in [6.07, 6.45) is 0.464. The fourth-order valence-electron chi connectivity index (χ4n) is 1.21. The Labute approximate surface area is 94.1 Å². The molecule has 0 heterocycles. The third-order valence-corrected chi connectivity index (χ3v) is 2.08. The zero-order valence-electron chi connectivity index (χ0n) is 8.15. The van der Waals surface area contributed by atoms with Crippen molar-refractivity contribution in [2.24, 2.45) is 17.4 Å². The first kappa shape index (κ1) is 13.9. The van der Waals surface area contributed by atoms with E-state index in [2.05, 4.69) is 0 Å². The second-order valence-electron chi connectivity index (χ2n) is 3.17. The molecule has 84 valence electrons. The Bertz CT molecular complexity index is 316. The molecule has 1 aromatic carbocycles. The van der Waals surface area contributed by atoms with Crippen LogP contribution in [0.4, 0.5) is 4.39 Å². The topological polar surface area (TPSA) is 69.1 Å². The molecule has 15 heavy (non-hydrogen) atoms. The van der Waals surface area contributed by atoms with Crippen LogP contribution in [-0.2, 0) is 11.2 Å². The van der Waals surface area contributed by atoms with Crippen molar-refractivity contribution in [1.29, 1.82) is 0 Å². The molecule has 1 unspecified atom stereocenters. The van der Waals surface area contributed by atoms with Crippen molar-refractivity contribution < 1.29 is 9.18 Å². The zero-order valence-corrected chi connectivity index (χ0v) is 8.97. The van der Waals surface area contributed by atoms with E-state index in [1.54, 1.807) is 12.1 Å². The van der Waals surface area contributed by atoms with Crippen molar-refractivity contribution in [2.75, 3.05) is 6.54 Å². The lowest BCUT2D eigenvalue weighted by molar-refractivity contribution is -0.121. The van der Waals surface area contributed by atoms with Crippen molar-refractivity contribution in [3.8, 4) is 0 Å². The third kappa shape index (κ3) is 4.27. The fourth-order valence-corrected chi connectivity index (χ4v) is 1.21. The van der Waals surface area contributed by atoms with Crippen molar-refractivity contribution >= 4 is 18.3 Å². The summed E-state index contributed by atoms with van der Waals surface area (Å²) in [7, 11) is 0. The Kier molecular flexibility index (Phi) is 5.89. The van der Waals surface area contributed by atoms with Gasteiger partial charge in [-0.25, -0.2) is 4.39 Å². The SMILES string of the molecule is Cl.NCC(Cc1ccc(F)cc1)C(N)=O. The minimum Gasteiger partial charge on any atom is -0.369 e. The van der Waals surface area contributed by atoms with Crippen molar-refractivity contribution in [1.82, 2.24) is 0 Å². The van der Waals surface area contributed by atoms with Gasteiger partial charge < -0.3 is 11.5 Å². The molecule has 0 aliphatic rings. The molecule has 5 heteroatoms. The van der Waals surface area contributed by atoms with Gasteiger partial charge in [0.05, 0.1) is 5.92 Å². The summed E-state index contributed by atoms with van der Waals surface area (Å²) < 4.78 is 12.5. The van der Waals surface area contributed by atoms with E-state index in [4.69, 9.17) is 11.5 Å². The lowest BCUT2D eigenvalue weighted by Gasteiger charge is -2.09. The maximum atomic E-state index is 12.5. The predicted molar refractivity (Wildman–Crippen MR) is 59.1 cm³/mol.